The van der Waals surface area contributed by atoms with Crippen LogP contribution in [0.4, 0.5) is 0 Å². The number of aliphatic hydroxyl groups is 5. The van der Waals surface area contributed by atoms with Crippen molar-refractivity contribution in [2.75, 3.05) is 20.8 Å². The van der Waals surface area contributed by atoms with Gasteiger partial charge >= 0.3 is 5.97 Å². The lowest BCUT2D eigenvalue weighted by Crippen LogP contribution is -2.61. The van der Waals surface area contributed by atoms with Crippen LogP contribution in [0.25, 0.3) is 0 Å². The molecule has 1 amide bonds. The first kappa shape index (κ1) is 55.5. The maximum Gasteiger partial charge on any atom is 0.329 e. The molecule has 3 heterocycles. The number of esters is 1. The van der Waals surface area contributed by atoms with Gasteiger partial charge in [-0.3, -0.25) is 14.4 Å². The number of ether oxygens (including phenoxy) is 4. The predicted molar refractivity (Wildman–Crippen MR) is 251 cm³/mol. The zero-order chi connectivity index (χ0) is 49.0. The minimum Gasteiger partial charge on any atom is -0.460 e. The number of methoxy groups -OCH3 is 2. The van der Waals surface area contributed by atoms with Crippen LogP contribution in [0.15, 0.2) is 47.6 Å². The lowest BCUT2D eigenvalue weighted by molar-refractivity contribution is -0.265. The Balaban J connectivity index is 1.70. The topological polar surface area (TPSA) is 210 Å². The van der Waals surface area contributed by atoms with E-state index in [-0.39, 0.29) is 54.8 Å². The van der Waals surface area contributed by atoms with E-state index in [4.69, 9.17) is 18.9 Å². The summed E-state index contributed by atoms with van der Waals surface area (Å²) >= 11 is 0. The van der Waals surface area contributed by atoms with Crippen LogP contribution in [0.5, 0.6) is 0 Å². The molecule has 66 heavy (non-hydrogen) atoms. The van der Waals surface area contributed by atoms with E-state index in [0.717, 1.165) is 5.57 Å². The van der Waals surface area contributed by atoms with Gasteiger partial charge < -0.3 is 49.4 Å². The fourth-order valence-electron chi connectivity index (χ4n) is 10.4. The Morgan fingerprint density at radius 3 is 2.21 bits per heavy atom. The van der Waals surface area contributed by atoms with Crippen molar-refractivity contribution in [2.24, 2.45) is 41.4 Å². The summed E-state index contributed by atoms with van der Waals surface area (Å²) in [5, 5.41) is 55.6. The van der Waals surface area contributed by atoms with Gasteiger partial charge in [0, 0.05) is 45.4 Å². The number of carbonyl (C=O) groups is 4. The number of allylic oxidation sites excluding steroid dienone is 6. The molecular formula is C52H83NO13. The highest BCUT2D eigenvalue weighted by atomic mass is 16.6. The summed E-state index contributed by atoms with van der Waals surface area (Å²) in [5.41, 5.74) is 1.42. The molecule has 0 aromatic carbocycles. The molecule has 2 bridgehead atoms. The third-order valence-electron chi connectivity index (χ3n) is 15.2. The van der Waals surface area contributed by atoms with Crippen LogP contribution in [0.3, 0.4) is 0 Å². The van der Waals surface area contributed by atoms with Gasteiger partial charge in [-0.2, -0.15) is 0 Å². The number of amides is 1. The monoisotopic (exact) mass is 930 g/mol. The van der Waals surface area contributed by atoms with Crippen molar-refractivity contribution in [1.82, 2.24) is 4.90 Å². The van der Waals surface area contributed by atoms with Crippen molar-refractivity contribution in [3.05, 3.63) is 47.6 Å². The average molecular weight is 930 g/mol. The van der Waals surface area contributed by atoms with Gasteiger partial charge in [0.2, 0.25) is 5.79 Å². The molecule has 2 saturated heterocycles. The van der Waals surface area contributed by atoms with Gasteiger partial charge in [-0.15, -0.1) is 0 Å². The number of carbonyl (C=O) groups excluding carboxylic acids is 4. The largest absolute Gasteiger partial charge is 0.460 e. The van der Waals surface area contributed by atoms with Crippen LogP contribution in [0, 0.1) is 41.4 Å². The molecular weight excluding hydrogens is 847 g/mol. The molecule has 0 spiro atoms. The van der Waals surface area contributed by atoms with Crippen LogP contribution in [0.2, 0.25) is 0 Å². The first-order valence-corrected chi connectivity index (χ1v) is 24.6. The standard InChI is InChI=1S/C52H83NO13/c1-30-16-12-11-13-17-31(2)44(63-9)28-39-21-19-36(7)52(62,66-39)49(59)50(60)53-23-15-14-18-40(53)51(61)65-45(33(4)26-38-20-22-41(54)43(56)27-38)29-42(55)37(8)32(3)25-35(6)47(58)48(64-10)46(57)34(5)24-30/h11-13,16-17,25,30,32-34,36-41,43-48,54,56-58,62H,14-15,18-24,26-29H2,1-10H3/b13-11-,16-12-,31-17-,35-25-/t30-,32+,33-,34-,36-,37+,38?,39?,40?,41-,43-,44-,45?,46?,47+,48-,52-/m1/s1. The molecule has 17 atom stereocenters. The number of piperidine rings is 1. The molecule has 3 fully saturated rings. The Morgan fingerprint density at radius 1 is 0.833 bits per heavy atom. The first-order chi connectivity index (χ1) is 31.1. The fraction of sp³-hybridized carbons (Fsp3) is 0.769. The van der Waals surface area contributed by atoms with Crippen LogP contribution < -0.4 is 0 Å². The van der Waals surface area contributed by atoms with Crippen molar-refractivity contribution in [2.45, 2.75) is 193 Å². The van der Waals surface area contributed by atoms with Crippen LogP contribution in [-0.4, -0.2) is 135 Å². The van der Waals surface area contributed by atoms with Crippen LogP contribution in [-0.2, 0) is 38.1 Å². The Hall–Kier alpha value is -3.08. The Kier molecular flexibility index (Phi) is 21.5. The number of ketones is 2. The molecule has 14 nitrogen and oxygen atoms in total. The van der Waals surface area contributed by atoms with Gasteiger partial charge in [0.05, 0.1) is 30.5 Å². The molecule has 0 aromatic heterocycles. The Morgan fingerprint density at radius 2 is 1.55 bits per heavy atom. The van der Waals surface area contributed by atoms with Crippen LogP contribution in [0.1, 0.15) is 132 Å². The summed E-state index contributed by atoms with van der Waals surface area (Å²) in [6, 6.07) is -1.14. The Bertz CT molecular complexity index is 1740. The van der Waals surface area contributed by atoms with Crippen molar-refractivity contribution in [1.29, 1.82) is 0 Å². The number of Topliss-reactive ketones (excluding diaryl/α,β-unsaturated/α-hetero) is 2. The van der Waals surface area contributed by atoms with E-state index in [0.29, 0.717) is 69.8 Å². The van der Waals surface area contributed by atoms with Crippen molar-refractivity contribution in [3.63, 3.8) is 0 Å². The van der Waals surface area contributed by atoms with Crippen molar-refractivity contribution >= 4 is 23.4 Å². The second kappa shape index (κ2) is 25.5. The molecule has 4 aliphatic rings. The summed E-state index contributed by atoms with van der Waals surface area (Å²) < 4.78 is 23.9. The van der Waals surface area contributed by atoms with Gasteiger partial charge in [0.25, 0.3) is 11.7 Å². The van der Waals surface area contributed by atoms with E-state index in [2.05, 4.69) is 6.92 Å². The van der Waals surface area contributed by atoms with E-state index < -0.39 is 90.2 Å². The number of hydrogen-bond donors (Lipinski definition) is 5. The molecule has 1 saturated carbocycles. The van der Waals surface area contributed by atoms with E-state index in [1.54, 1.807) is 27.9 Å². The number of rotatable bonds is 5. The highest BCUT2D eigenvalue weighted by Crippen LogP contribution is 2.38. The van der Waals surface area contributed by atoms with Gasteiger partial charge in [-0.25, -0.2) is 4.79 Å². The molecule has 4 rings (SSSR count). The molecule has 374 valence electrons. The SMILES string of the molecule is CO[C@@H]1C(O)[C@H](C)C[C@H](C)\C=C/C=C\C=C(\C)[C@H](OC)CC2CC[C@@H](C)[C@@](O)(O2)C(=O)C(=O)N2CCCCC2C(=O)OC([C@H](C)CC2CC[C@@H](O)[C@H](O)C2)CC(=O)[C@@H](C)[C@@H](C)/C=C(/C)[C@@H]1O. The number of cyclic esters (lactones) is 1. The highest BCUT2D eigenvalue weighted by molar-refractivity contribution is 6.39. The van der Waals surface area contributed by atoms with Crippen molar-refractivity contribution in [3.8, 4) is 0 Å². The van der Waals surface area contributed by atoms with E-state index in [1.807, 2.05) is 64.2 Å². The molecule has 1 aliphatic carbocycles. The number of fused-ring (bicyclic) bond motifs is 3. The minimum absolute atomic E-state index is 0.00440. The second-order valence-corrected chi connectivity index (χ2v) is 20.5. The molecule has 0 radical (unpaired) electrons. The van der Waals surface area contributed by atoms with E-state index in [1.165, 1.54) is 12.0 Å². The summed E-state index contributed by atoms with van der Waals surface area (Å²) in [7, 11) is 3.04. The minimum atomic E-state index is -2.43. The molecule has 5 N–H and O–H groups in total. The fourth-order valence-corrected chi connectivity index (χ4v) is 10.4. The van der Waals surface area contributed by atoms with Crippen molar-refractivity contribution < 1.29 is 63.7 Å². The lowest BCUT2D eigenvalue weighted by atomic mass is 9.78. The van der Waals surface area contributed by atoms with Gasteiger partial charge in [0.1, 0.15) is 30.1 Å². The van der Waals surface area contributed by atoms with E-state index in [9.17, 15) is 44.7 Å². The van der Waals surface area contributed by atoms with Crippen LogP contribution >= 0.6 is 0 Å². The quantitative estimate of drug-likeness (QED) is 0.123. The maximum atomic E-state index is 14.4. The maximum absolute atomic E-state index is 14.4. The summed E-state index contributed by atoms with van der Waals surface area (Å²) in [5.74, 6) is -7.70. The highest BCUT2D eigenvalue weighted by Gasteiger charge is 2.53. The number of aliphatic hydroxyl groups excluding tert-OH is 4. The zero-order valence-corrected chi connectivity index (χ0v) is 41.3. The third-order valence-corrected chi connectivity index (χ3v) is 15.2. The average Bonchev–Trinajstić information content (AvgIpc) is 3.28. The molecule has 0 aromatic rings. The summed E-state index contributed by atoms with van der Waals surface area (Å²) in [4.78, 5) is 58.2. The Labute approximate surface area is 393 Å². The van der Waals surface area contributed by atoms with E-state index >= 15 is 0 Å². The zero-order valence-electron chi connectivity index (χ0n) is 41.3. The second-order valence-electron chi connectivity index (χ2n) is 20.5. The first-order valence-electron chi connectivity index (χ1n) is 24.6. The lowest BCUT2D eigenvalue weighted by Gasteiger charge is -2.42. The van der Waals surface area contributed by atoms with Gasteiger partial charge in [0.15, 0.2) is 0 Å². The third kappa shape index (κ3) is 14.5. The predicted octanol–water partition coefficient (Wildman–Crippen LogP) is 5.95. The smallest absolute Gasteiger partial charge is 0.329 e. The van der Waals surface area contributed by atoms with Gasteiger partial charge in [-0.05, 0) is 119 Å². The molecule has 5 unspecified atom stereocenters. The summed E-state index contributed by atoms with van der Waals surface area (Å²) in [6.07, 6.45) is 9.80. The number of hydrogen-bond acceptors (Lipinski definition) is 13. The normalized spacial score (nSPS) is 42.4. The molecule has 3 aliphatic heterocycles. The molecule has 14 heteroatoms. The summed E-state index contributed by atoms with van der Waals surface area (Å²) in [6.45, 7) is 14.9. The number of nitrogens with zero attached hydrogens (tertiary/aromatic N) is 1. The van der Waals surface area contributed by atoms with Gasteiger partial charge in [-0.1, -0.05) is 78.0 Å².